The standard InChI is InChI=1S/C25H35N3O5S/c1-9-28(24(30)33-25(4,5)6)16-19-12-10-11-13-21(19)26-23(29)20-14-17(2)18(3)22(15-20)34(31,32)27(7)8/h10-15H,9,16H2,1-8H3,(H,26,29). The highest BCUT2D eigenvalue weighted by molar-refractivity contribution is 7.89. The number of ether oxygens (including phenoxy) is 1. The second kappa shape index (κ2) is 10.6. The van der Waals surface area contributed by atoms with E-state index in [2.05, 4.69) is 5.32 Å². The Hall–Kier alpha value is -2.91. The van der Waals surface area contributed by atoms with Crippen molar-refractivity contribution >= 4 is 27.7 Å². The van der Waals surface area contributed by atoms with Gasteiger partial charge in [0.25, 0.3) is 5.91 Å². The van der Waals surface area contributed by atoms with E-state index in [9.17, 15) is 18.0 Å². The van der Waals surface area contributed by atoms with E-state index < -0.39 is 27.6 Å². The number of rotatable bonds is 7. The topological polar surface area (TPSA) is 96.0 Å². The van der Waals surface area contributed by atoms with Gasteiger partial charge in [-0.15, -0.1) is 0 Å². The fraction of sp³-hybridized carbons (Fsp3) is 0.440. The number of carbonyl (C=O) groups excluding carboxylic acids is 2. The van der Waals surface area contributed by atoms with Crippen molar-refractivity contribution in [3.8, 4) is 0 Å². The molecule has 34 heavy (non-hydrogen) atoms. The molecule has 2 aromatic rings. The first-order valence-corrected chi connectivity index (χ1v) is 12.5. The van der Waals surface area contributed by atoms with Crippen LogP contribution in [0.1, 0.15) is 54.7 Å². The van der Waals surface area contributed by atoms with Gasteiger partial charge in [0.05, 0.1) is 11.4 Å². The molecule has 2 amide bonds. The van der Waals surface area contributed by atoms with E-state index in [0.29, 0.717) is 23.4 Å². The second-order valence-corrected chi connectivity index (χ2v) is 11.4. The summed E-state index contributed by atoms with van der Waals surface area (Å²) in [5, 5.41) is 2.87. The van der Waals surface area contributed by atoms with Crippen LogP contribution in [-0.4, -0.2) is 55.9 Å². The summed E-state index contributed by atoms with van der Waals surface area (Å²) in [5.41, 5.74) is 2.17. The SMILES string of the molecule is CCN(Cc1ccccc1NC(=O)c1cc(C)c(C)c(S(=O)(=O)N(C)C)c1)C(=O)OC(C)(C)C. The van der Waals surface area contributed by atoms with Gasteiger partial charge in [-0.05, 0) is 76.4 Å². The van der Waals surface area contributed by atoms with Gasteiger partial charge >= 0.3 is 6.09 Å². The molecule has 8 nitrogen and oxygen atoms in total. The van der Waals surface area contributed by atoms with E-state index >= 15 is 0 Å². The minimum atomic E-state index is -3.72. The van der Waals surface area contributed by atoms with Crippen molar-refractivity contribution in [2.75, 3.05) is 26.0 Å². The van der Waals surface area contributed by atoms with Crippen LogP contribution >= 0.6 is 0 Å². The summed E-state index contributed by atoms with van der Waals surface area (Å²) in [5.74, 6) is -0.439. The molecule has 0 radical (unpaired) electrons. The zero-order valence-electron chi connectivity index (χ0n) is 21.2. The van der Waals surface area contributed by atoms with Crippen molar-refractivity contribution in [2.45, 2.75) is 58.6 Å². The molecule has 0 bridgehead atoms. The Kier molecular flexibility index (Phi) is 8.50. The molecule has 0 atom stereocenters. The molecule has 2 aromatic carbocycles. The third-order valence-corrected chi connectivity index (χ3v) is 7.24. The molecule has 0 saturated heterocycles. The Balaban J connectivity index is 2.35. The Bertz CT molecular complexity index is 1170. The number of para-hydroxylation sites is 1. The first kappa shape index (κ1) is 27.3. The van der Waals surface area contributed by atoms with Crippen LogP contribution in [0.5, 0.6) is 0 Å². The predicted octanol–water partition coefficient (Wildman–Crippen LogP) is 4.56. The summed E-state index contributed by atoms with van der Waals surface area (Å²) in [7, 11) is -0.805. The molecular weight excluding hydrogens is 454 g/mol. The van der Waals surface area contributed by atoms with Gasteiger partial charge in [0.1, 0.15) is 5.60 Å². The van der Waals surface area contributed by atoms with Crippen molar-refractivity contribution < 1.29 is 22.7 Å². The van der Waals surface area contributed by atoms with Crippen LogP contribution in [0.3, 0.4) is 0 Å². The number of nitrogens with one attached hydrogen (secondary N) is 1. The predicted molar refractivity (Wildman–Crippen MR) is 134 cm³/mol. The molecule has 186 valence electrons. The first-order chi connectivity index (χ1) is 15.7. The lowest BCUT2D eigenvalue weighted by molar-refractivity contribution is 0.0245. The summed E-state index contributed by atoms with van der Waals surface area (Å²) in [6, 6.07) is 10.2. The minimum absolute atomic E-state index is 0.0954. The largest absolute Gasteiger partial charge is 0.444 e. The molecule has 0 fully saturated rings. The van der Waals surface area contributed by atoms with Crippen molar-refractivity contribution in [2.24, 2.45) is 0 Å². The maximum atomic E-state index is 13.1. The molecule has 0 saturated carbocycles. The van der Waals surface area contributed by atoms with E-state index in [4.69, 9.17) is 4.74 Å². The number of sulfonamides is 1. The van der Waals surface area contributed by atoms with Crippen molar-refractivity contribution in [3.05, 3.63) is 58.7 Å². The average Bonchev–Trinajstić information content (AvgIpc) is 2.73. The zero-order valence-corrected chi connectivity index (χ0v) is 22.0. The summed E-state index contributed by atoms with van der Waals surface area (Å²) in [4.78, 5) is 27.3. The Morgan fingerprint density at radius 1 is 1.06 bits per heavy atom. The lowest BCUT2D eigenvalue weighted by Crippen LogP contribution is -2.36. The molecule has 0 unspecified atom stereocenters. The molecule has 1 N–H and O–H groups in total. The fourth-order valence-corrected chi connectivity index (χ4v) is 4.45. The van der Waals surface area contributed by atoms with Gasteiger partial charge in [-0.3, -0.25) is 4.79 Å². The van der Waals surface area contributed by atoms with Crippen LogP contribution in [0, 0.1) is 13.8 Å². The first-order valence-electron chi connectivity index (χ1n) is 11.1. The summed E-state index contributed by atoms with van der Waals surface area (Å²) >= 11 is 0. The van der Waals surface area contributed by atoms with Crippen LogP contribution in [-0.2, 0) is 21.3 Å². The van der Waals surface area contributed by atoms with Crippen LogP contribution < -0.4 is 5.32 Å². The number of carbonyl (C=O) groups is 2. The number of anilines is 1. The molecule has 0 heterocycles. The smallest absolute Gasteiger partial charge is 0.410 e. The Morgan fingerprint density at radius 3 is 2.24 bits per heavy atom. The quantitative estimate of drug-likeness (QED) is 0.615. The van der Waals surface area contributed by atoms with Gasteiger partial charge in [0, 0.05) is 31.9 Å². The average molecular weight is 490 g/mol. The van der Waals surface area contributed by atoms with Gasteiger partial charge in [-0.2, -0.15) is 0 Å². The van der Waals surface area contributed by atoms with E-state index in [1.54, 1.807) is 57.7 Å². The fourth-order valence-electron chi connectivity index (χ4n) is 3.23. The van der Waals surface area contributed by atoms with E-state index in [-0.39, 0.29) is 17.0 Å². The van der Waals surface area contributed by atoms with E-state index in [0.717, 1.165) is 9.87 Å². The number of benzene rings is 2. The van der Waals surface area contributed by atoms with E-state index in [1.165, 1.54) is 20.2 Å². The van der Waals surface area contributed by atoms with Crippen molar-refractivity contribution in [3.63, 3.8) is 0 Å². The Morgan fingerprint density at radius 2 is 1.68 bits per heavy atom. The van der Waals surface area contributed by atoms with Gasteiger partial charge < -0.3 is 15.0 Å². The molecule has 0 aromatic heterocycles. The summed E-state index contributed by atoms with van der Waals surface area (Å²) in [6.07, 6.45) is -0.441. The molecular formula is C25H35N3O5S. The Labute approximate surface area is 202 Å². The highest BCUT2D eigenvalue weighted by Gasteiger charge is 2.24. The molecule has 0 spiro atoms. The molecule has 0 aliphatic heterocycles. The maximum Gasteiger partial charge on any atom is 0.410 e. The highest BCUT2D eigenvalue weighted by Crippen LogP contribution is 2.25. The van der Waals surface area contributed by atoms with Crippen LogP contribution in [0.4, 0.5) is 10.5 Å². The third-order valence-electron chi connectivity index (χ3n) is 5.30. The maximum absolute atomic E-state index is 13.1. The van der Waals surface area contributed by atoms with Gasteiger partial charge in [0.15, 0.2) is 0 Å². The number of hydrogen-bond donors (Lipinski definition) is 1. The number of amides is 2. The lowest BCUT2D eigenvalue weighted by Gasteiger charge is -2.27. The molecule has 0 aliphatic carbocycles. The third kappa shape index (κ3) is 6.57. The zero-order chi connectivity index (χ0) is 25.8. The second-order valence-electron chi connectivity index (χ2n) is 9.31. The van der Waals surface area contributed by atoms with Crippen LogP contribution in [0.15, 0.2) is 41.3 Å². The lowest BCUT2D eigenvalue weighted by atomic mass is 10.1. The van der Waals surface area contributed by atoms with Crippen molar-refractivity contribution in [1.29, 1.82) is 0 Å². The highest BCUT2D eigenvalue weighted by atomic mass is 32.2. The molecule has 9 heteroatoms. The monoisotopic (exact) mass is 489 g/mol. The summed E-state index contributed by atoms with van der Waals surface area (Å²) in [6.45, 7) is 11.4. The number of nitrogens with zero attached hydrogens (tertiary/aromatic N) is 2. The van der Waals surface area contributed by atoms with Gasteiger partial charge in [-0.1, -0.05) is 18.2 Å². The van der Waals surface area contributed by atoms with Crippen LogP contribution in [0.25, 0.3) is 0 Å². The summed E-state index contributed by atoms with van der Waals surface area (Å²) < 4.78 is 32.1. The normalized spacial score (nSPS) is 11.9. The van der Waals surface area contributed by atoms with Crippen LogP contribution in [0.2, 0.25) is 0 Å². The number of hydrogen-bond acceptors (Lipinski definition) is 5. The molecule has 2 rings (SSSR count). The van der Waals surface area contributed by atoms with Gasteiger partial charge in [-0.25, -0.2) is 17.5 Å². The van der Waals surface area contributed by atoms with Crippen molar-refractivity contribution in [1.82, 2.24) is 9.21 Å². The number of aryl methyl sites for hydroxylation is 1. The minimum Gasteiger partial charge on any atom is -0.444 e. The molecule has 0 aliphatic rings. The van der Waals surface area contributed by atoms with E-state index in [1.807, 2.05) is 19.1 Å². The van der Waals surface area contributed by atoms with Gasteiger partial charge in [0.2, 0.25) is 10.0 Å².